The molecule has 124 valence electrons. The van der Waals surface area contributed by atoms with E-state index in [0.717, 1.165) is 10.5 Å². The number of carbonyl (C=O) groups excluding carboxylic acids is 3. The molecule has 1 N–H and O–H groups in total. The van der Waals surface area contributed by atoms with E-state index in [1.54, 1.807) is 5.38 Å². The highest BCUT2D eigenvalue weighted by atomic mass is 32.1. The van der Waals surface area contributed by atoms with E-state index >= 15 is 0 Å². The van der Waals surface area contributed by atoms with Crippen molar-refractivity contribution >= 4 is 29.2 Å². The Morgan fingerprint density at radius 3 is 2.75 bits per heavy atom. The molecule has 24 heavy (non-hydrogen) atoms. The van der Waals surface area contributed by atoms with Crippen molar-refractivity contribution < 1.29 is 19.1 Å². The van der Waals surface area contributed by atoms with E-state index in [0.29, 0.717) is 11.6 Å². The Hall–Kier alpha value is -2.74. The Morgan fingerprint density at radius 1 is 1.33 bits per heavy atom. The molecule has 0 spiro atoms. The summed E-state index contributed by atoms with van der Waals surface area (Å²) in [6.45, 7) is 2.11. The van der Waals surface area contributed by atoms with Gasteiger partial charge in [-0.15, -0.1) is 11.3 Å². The first-order valence-corrected chi connectivity index (χ1v) is 8.25. The third kappa shape index (κ3) is 3.28. The number of thiazole rings is 1. The minimum atomic E-state index is -1.05. The van der Waals surface area contributed by atoms with Crippen LogP contribution >= 0.6 is 11.3 Å². The number of benzene rings is 1. The van der Waals surface area contributed by atoms with Crippen LogP contribution in [0.1, 0.15) is 17.4 Å². The Balaban J connectivity index is 1.66. The third-order valence-corrected chi connectivity index (χ3v) is 4.38. The molecular weight excluding hydrogens is 330 g/mol. The SMILES string of the molecule is C[C@@H](OC(=O)c1csc(-c2ccccc2)n1)C(=O)N1CCNC1=O. The van der Waals surface area contributed by atoms with Gasteiger partial charge < -0.3 is 10.1 Å². The maximum Gasteiger partial charge on any atom is 0.358 e. The molecule has 1 aromatic heterocycles. The van der Waals surface area contributed by atoms with E-state index < -0.39 is 24.0 Å². The van der Waals surface area contributed by atoms with Crippen molar-refractivity contribution in [1.29, 1.82) is 0 Å². The van der Waals surface area contributed by atoms with E-state index in [4.69, 9.17) is 4.74 Å². The van der Waals surface area contributed by atoms with Crippen molar-refractivity contribution in [2.24, 2.45) is 0 Å². The number of aromatic nitrogens is 1. The molecule has 1 fully saturated rings. The van der Waals surface area contributed by atoms with Gasteiger partial charge in [-0.25, -0.2) is 14.6 Å². The second-order valence-electron chi connectivity index (χ2n) is 5.17. The zero-order chi connectivity index (χ0) is 17.1. The van der Waals surface area contributed by atoms with Crippen molar-refractivity contribution in [2.45, 2.75) is 13.0 Å². The lowest BCUT2D eigenvalue weighted by atomic mass is 10.2. The molecule has 0 unspecified atom stereocenters. The minimum Gasteiger partial charge on any atom is -0.448 e. The molecule has 8 heteroatoms. The Morgan fingerprint density at radius 2 is 2.08 bits per heavy atom. The fourth-order valence-corrected chi connectivity index (χ4v) is 3.05. The number of rotatable bonds is 4. The van der Waals surface area contributed by atoms with Gasteiger partial charge in [-0.2, -0.15) is 0 Å². The van der Waals surface area contributed by atoms with Crippen LogP contribution in [0.3, 0.4) is 0 Å². The smallest absolute Gasteiger partial charge is 0.358 e. The van der Waals surface area contributed by atoms with Gasteiger partial charge in [0.2, 0.25) is 0 Å². The summed E-state index contributed by atoms with van der Waals surface area (Å²) >= 11 is 1.32. The predicted octanol–water partition coefficient (Wildman–Crippen LogP) is 1.91. The van der Waals surface area contributed by atoms with E-state index in [-0.39, 0.29) is 12.2 Å². The van der Waals surface area contributed by atoms with Crippen molar-refractivity contribution in [3.05, 3.63) is 41.4 Å². The van der Waals surface area contributed by atoms with Gasteiger partial charge in [0.05, 0.1) is 0 Å². The van der Waals surface area contributed by atoms with Crippen LogP contribution in [0.15, 0.2) is 35.7 Å². The number of amides is 3. The quantitative estimate of drug-likeness (QED) is 0.855. The van der Waals surface area contributed by atoms with Gasteiger partial charge in [0.15, 0.2) is 11.8 Å². The maximum atomic E-state index is 12.2. The maximum absolute atomic E-state index is 12.2. The number of carbonyl (C=O) groups is 3. The van der Waals surface area contributed by atoms with Crippen LogP contribution < -0.4 is 5.32 Å². The number of imide groups is 1. The van der Waals surface area contributed by atoms with Gasteiger partial charge in [-0.1, -0.05) is 30.3 Å². The molecule has 1 aliphatic rings. The van der Waals surface area contributed by atoms with Gasteiger partial charge >= 0.3 is 12.0 Å². The fraction of sp³-hybridized carbons (Fsp3) is 0.250. The largest absolute Gasteiger partial charge is 0.448 e. The highest BCUT2D eigenvalue weighted by Crippen LogP contribution is 2.23. The summed E-state index contributed by atoms with van der Waals surface area (Å²) < 4.78 is 5.14. The van der Waals surface area contributed by atoms with Crippen LogP contribution in [0.2, 0.25) is 0 Å². The van der Waals surface area contributed by atoms with Crippen LogP contribution in [0, 0.1) is 0 Å². The third-order valence-electron chi connectivity index (χ3n) is 3.49. The van der Waals surface area contributed by atoms with Crippen molar-refractivity contribution in [3.63, 3.8) is 0 Å². The van der Waals surface area contributed by atoms with Gasteiger partial charge in [0.1, 0.15) is 5.01 Å². The van der Waals surface area contributed by atoms with Crippen molar-refractivity contribution in [3.8, 4) is 10.6 Å². The zero-order valence-corrected chi connectivity index (χ0v) is 13.7. The topological polar surface area (TPSA) is 88.6 Å². The molecule has 1 atom stereocenters. The van der Waals surface area contributed by atoms with Crippen LogP contribution in [-0.4, -0.2) is 47.0 Å². The molecule has 1 aromatic carbocycles. The highest BCUT2D eigenvalue weighted by molar-refractivity contribution is 7.13. The number of urea groups is 1. The second-order valence-corrected chi connectivity index (χ2v) is 6.03. The summed E-state index contributed by atoms with van der Waals surface area (Å²) in [6.07, 6.45) is -1.05. The molecule has 2 aromatic rings. The summed E-state index contributed by atoms with van der Waals surface area (Å²) in [4.78, 5) is 41.0. The summed E-state index contributed by atoms with van der Waals surface area (Å²) in [7, 11) is 0. The summed E-state index contributed by atoms with van der Waals surface area (Å²) in [5, 5.41) is 4.81. The monoisotopic (exact) mass is 345 g/mol. The molecule has 3 amide bonds. The number of hydrogen-bond donors (Lipinski definition) is 1. The lowest BCUT2D eigenvalue weighted by Gasteiger charge is -2.17. The van der Waals surface area contributed by atoms with Crippen molar-refractivity contribution in [1.82, 2.24) is 15.2 Å². The number of ether oxygens (including phenoxy) is 1. The van der Waals surface area contributed by atoms with Gasteiger partial charge in [0, 0.05) is 24.0 Å². The van der Waals surface area contributed by atoms with Crippen molar-refractivity contribution in [2.75, 3.05) is 13.1 Å². The fourth-order valence-electron chi connectivity index (χ4n) is 2.25. The molecule has 7 nitrogen and oxygen atoms in total. The zero-order valence-electron chi connectivity index (χ0n) is 12.9. The molecule has 0 radical (unpaired) electrons. The van der Waals surface area contributed by atoms with Crippen LogP contribution in [0.25, 0.3) is 10.6 Å². The van der Waals surface area contributed by atoms with Crippen LogP contribution in [-0.2, 0) is 9.53 Å². The molecule has 0 bridgehead atoms. The Labute approximate surface area is 142 Å². The number of nitrogens with one attached hydrogen (secondary N) is 1. The first kappa shape index (κ1) is 16.1. The number of hydrogen-bond acceptors (Lipinski definition) is 6. The molecule has 3 rings (SSSR count). The lowest BCUT2D eigenvalue weighted by Crippen LogP contribution is -2.41. The predicted molar refractivity (Wildman–Crippen MR) is 87.5 cm³/mol. The van der Waals surface area contributed by atoms with Gasteiger partial charge in [-0.05, 0) is 6.92 Å². The molecule has 0 aliphatic carbocycles. The van der Waals surface area contributed by atoms with Crippen LogP contribution in [0.4, 0.5) is 4.79 Å². The molecule has 2 heterocycles. The average molecular weight is 345 g/mol. The Kier molecular flexibility index (Phi) is 4.57. The number of nitrogens with zero attached hydrogens (tertiary/aromatic N) is 2. The lowest BCUT2D eigenvalue weighted by molar-refractivity contribution is -0.136. The first-order chi connectivity index (χ1) is 11.6. The molecule has 0 saturated carbocycles. The number of esters is 1. The van der Waals surface area contributed by atoms with Gasteiger partial charge in [0.25, 0.3) is 5.91 Å². The standard InChI is InChI=1S/C16H15N3O4S/c1-10(14(20)19-8-7-17-16(19)22)23-15(21)12-9-24-13(18-12)11-5-3-2-4-6-11/h2-6,9-10H,7-8H2,1H3,(H,17,22)/t10-/m1/s1. The van der Waals surface area contributed by atoms with E-state index in [1.165, 1.54) is 18.3 Å². The normalized spacial score (nSPS) is 15.0. The molecule has 1 saturated heterocycles. The second kappa shape index (κ2) is 6.79. The molecular formula is C16H15N3O4S. The average Bonchev–Trinajstić information content (AvgIpc) is 3.24. The first-order valence-electron chi connectivity index (χ1n) is 7.37. The summed E-state index contributed by atoms with van der Waals surface area (Å²) in [5.74, 6) is -1.23. The highest BCUT2D eigenvalue weighted by Gasteiger charge is 2.32. The van der Waals surface area contributed by atoms with E-state index in [1.807, 2.05) is 30.3 Å². The Bertz CT molecular complexity index is 775. The minimum absolute atomic E-state index is 0.143. The summed E-state index contributed by atoms with van der Waals surface area (Å²) in [6, 6.07) is 8.99. The van der Waals surface area contributed by atoms with Crippen LogP contribution in [0.5, 0.6) is 0 Å². The molecule has 1 aliphatic heterocycles. The van der Waals surface area contributed by atoms with E-state index in [2.05, 4.69) is 10.3 Å². The van der Waals surface area contributed by atoms with E-state index in [9.17, 15) is 14.4 Å². The van der Waals surface area contributed by atoms with Gasteiger partial charge in [-0.3, -0.25) is 9.69 Å². The summed E-state index contributed by atoms with van der Waals surface area (Å²) in [5.41, 5.74) is 1.05.